The molecule has 1 aliphatic carbocycles. The number of hydrogen-bond donors (Lipinski definition) is 1. The lowest BCUT2D eigenvalue weighted by atomic mass is 9.95. The maximum atomic E-state index is 13.9. The second-order valence-electron chi connectivity index (χ2n) is 9.78. The third-order valence-electron chi connectivity index (χ3n) is 6.99. The van der Waals surface area contributed by atoms with E-state index in [1.165, 1.54) is 39.6 Å². The van der Waals surface area contributed by atoms with Crippen molar-refractivity contribution in [3.8, 4) is 17.1 Å². The van der Waals surface area contributed by atoms with Gasteiger partial charge in [-0.3, -0.25) is 9.59 Å². The number of carbonyl (C=O) groups is 2. The van der Waals surface area contributed by atoms with Gasteiger partial charge in [0.25, 0.3) is 0 Å². The Bertz CT molecular complexity index is 1400. The lowest BCUT2D eigenvalue weighted by molar-refractivity contribution is -0.142. The minimum atomic E-state index is -0.857. The fraction of sp³-hybridized carbons (Fsp3) is 0.345. The predicted octanol–water partition coefficient (Wildman–Crippen LogP) is 4.77. The van der Waals surface area contributed by atoms with Gasteiger partial charge in [-0.15, -0.1) is 21.5 Å². The Labute approximate surface area is 236 Å². The van der Waals surface area contributed by atoms with Gasteiger partial charge in [0.2, 0.25) is 17.6 Å². The average Bonchev–Trinajstić information content (AvgIpc) is 3.67. The SMILES string of the molecule is COc1ccc(-c2nnn(CC(=O)N(Cc3ccc(F)cc3)C(C(=O)NC3CCCCC3)c3cccs3)n2)cc1. The molecule has 208 valence electrons. The van der Waals surface area contributed by atoms with Crippen LogP contribution in [-0.4, -0.2) is 50.1 Å². The fourth-order valence-electron chi connectivity index (χ4n) is 4.89. The van der Waals surface area contributed by atoms with Crippen molar-refractivity contribution in [3.05, 3.63) is 82.3 Å². The van der Waals surface area contributed by atoms with Gasteiger partial charge in [-0.2, -0.15) is 4.80 Å². The van der Waals surface area contributed by atoms with Crippen LogP contribution < -0.4 is 10.1 Å². The third kappa shape index (κ3) is 6.71. The Morgan fingerprint density at radius 3 is 2.52 bits per heavy atom. The number of methoxy groups -OCH3 is 1. The summed E-state index contributed by atoms with van der Waals surface area (Å²) in [4.78, 5) is 31.1. The number of ether oxygens (including phenoxy) is 1. The van der Waals surface area contributed by atoms with E-state index < -0.39 is 6.04 Å². The van der Waals surface area contributed by atoms with E-state index in [9.17, 15) is 14.0 Å². The summed E-state index contributed by atoms with van der Waals surface area (Å²) in [7, 11) is 1.59. The van der Waals surface area contributed by atoms with Gasteiger partial charge in [0.05, 0.1) is 7.11 Å². The van der Waals surface area contributed by atoms with Crippen molar-refractivity contribution >= 4 is 23.2 Å². The number of hydrogen-bond acceptors (Lipinski definition) is 7. The van der Waals surface area contributed by atoms with Gasteiger partial charge in [-0.25, -0.2) is 4.39 Å². The molecule has 1 aliphatic rings. The molecular formula is C29H31FN6O3S. The Morgan fingerprint density at radius 1 is 1.10 bits per heavy atom. The summed E-state index contributed by atoms with van der Waals surface area (Å²) in [6, 6.07) is 16.1. The Kier molecular flexibility index (Phi) is 8.80. The van der Waals surface area contributed by atoms with Crippen LogP contribution in [0.4, 0.5) is 4.39 Å². The standard InChI is InChI=1S/C29H31FN6O3S/c1-39-24-15-11-21(12-16-24)28-32-34-36(33-28)19-26(37)35(18-20-9-13-22(30)14-10-20)27(25-8-5-17-40-25)29(38)31-23-6-3-2-4-7-23/h5,8-17,23,27H,2-4,6-7,18-19H2,1H3,(H,31,38). The summed E-state index contributed by atoms with van der Waals surface area (Å²) in [5.41, 5.74) is 1.43. The summed E-state index contributed by atoms with van der Waals surface area (Å²) < 4.78 is 18.8. The monoisotopic (exact) mass is 562 g/mol. The molecule has 4 aromatic rings. The Morgan fingerprint density at radius 2 is 1.85 bits per heavy atom. The van der Waals surface area contributed by atoms with Gasteiger partial charge in [-0.05, 0) is 71.5 Å². The summed E-state index contributed by atoms with van der Waals surface area (Å²) in [6.07, 6.45) is 5.15. The molecule has 1 fully saturated rings. The maximum absolute atomic E-state index is 13.9. The molecule has 9 nitrogen and oxygen atoms in total. The van der Waals surface area contributed by atoms with E-state index >= 15 is 0 Å². The van der Waals surface area contributed by atoms with Gasteiger partial charge < -0.3 is 15.0 Å². The highest BCUT2D eigenvalue weighted by Crippen LogP contribution is 2.29. The van der Waals surface area contributed by atoms with Crippen molar-refractivity contribution < 1.29 is 18.7 Å². The average molecular weight is 563 g/mol. The molecule has 0 radical (unpaired) electrons. The Hall–Kier alpha value is -4.12. The van der Waals surface area contributed by atoms with Crippen LogP contribution in [0.15, 0.2) is 66.0 Å². The lowest BCUT2D eigenvalue weighted by Crippen LogP contribution is -2.47. The molecule has 0 spiro atoms. The molecule has 0 bridgehead atoms. The van der Waals surface area contributed by atoms with Crippen molar-refractivity contribution in [3.63, 3.8) is 0 Å². The first-order valence-electron chi connectivity index (χ1n) is 13.3. The largest absolute Gasteiger partial charge is 0.497 e. The van der Waals surface area contributed by atoms with E-state index in [0.29, 0.717) is 17.1 Å². The highest BCUT2D eigenvalue weighted by atomic mass is 32.1. The number of halogens is 1. The number of nitrogens with one attached hydrogen (secondary N) is 1. The normalized spacial score (nSPS) is 14.4. The molecule has 0 saturated heterocycles. The van der Waals surface area contributed by atoms with Gasteiger partial charge in [-0.1, -0.05) is 37.5 Å². The minimum Gasteiger partial charge on any atom is -0.497 e. The highest BCUT2D eigenvalue weighted by Gasteiger charge is 2.34. The number of carbonyl (C=O) groups excluding carboxylic acids is 2. The first-order chi connectivity index (χ1) is 19.5. The van der Waals surface area contributed by atoms with Gasteiger partial charge >= 0.3 is 0 Å². The number of rotatable bonds is 10. The predicted molar refractivity (Wildman–Crippen MR) is 149 cm³/mol. The molecule has 1 atom stereocenters. The number of nitrogens with zero attached hydrogens (tertiary/aromatic N) is 5. The minimum absolute atomic E-state index is 0.0792. The van der Waals surface area contributed by atoms with Crippen LogP contribution in [0, 0.1) is 5.82 Å². The van der Waals surface area contributed by atoms with Crippen LogP contribution in [0.2, 0.25) is 0 Å². The molecule has 2 amide bonds. The van der Waals surface area contributed by atoms with Gasteiger partial charge in [0.1, 0.15) is 24.2 Å². The zero-order chi connectivity index (χ0) is 27.9. The van der Waals surface area contributed by atoms with E-state index in [1.807, 2.05) is 29.6 Å². The lowest BCUT2D eigenvalue weighted by Gasteiger charge is -2.32. The van der Waals surface area contributed by atoms with Crippen molar-refractivity contribution in [2.45, 2.75) is 57.3 Å². The van der Waals surface area contributed by atoms with Crippen LogP contribution in [-0.2, 0) is 22.7 Å². The molecule has 0 aliphatic heterocycles. The third-order valence-corrected chi connectivity index (χ3v) is 7.91. The van der Waals surface area contributed by atoms with Crippen molar-refractivity contribution in [1.29, 1.82) is 0 Å². The van der Waals surface area contributed by atoms with Crippen LogP contribution in [0.25, 0.3) is 11.4 Å². The molecule has 1 unspecified atom stereocenters. The zero-order valence-corrected chi connectivity index (χ0v) is 23.0. The van der Waals surface area contributed by atoms with Crippen molar-refractivity contribution in [2.75, 3.05) is 7.11 Å². The number of benzene rings is 2. The van der Waals surface area contributed by atoms with Crippen molar-refractivity contribution in [1.82, 2.24) is 30.4 Å². The highest BCUT2D eigenvalue weighted by molar-refractivity contribution is 7.10. The fourth-order valence-corrected chi connectivity index (χ4v) is 5.72. The molecule has 40 heavy (non-hydrogen) atoms. The quantitative estimate of drug-likeness (QED) is 0.299. The number of thiophene rings is 1. The summed E-state index contributed by atoms with van der Waals surface area (Å²) >= 11 is 1.42. The first-order valence-corrected chi connectivity index (χ1v) is 14.2. The van der Waals surface area contributed by atoms with E-state index in [0.717, 1.165) is 36.1 Å². The van der Waals surface area contributed by atoms with Crippen LogP contribution in [0.5, 0.6) is 5.75 Å². The molecule has 2 aromatic heterocycles. The van der Waals surface area contributed by atoms with Crippen LogP contribution >= 0.6 is 11.3 Å². The molecule has 11 heteroatoms. The maximum Gasteiger partial charge on any atom is 0.248 e. The first kappa shape index (κ1) is 27.4. The number of amides is 2. The molecule has 1 saturated carbocycles. The topological polar surface area (TPSA) is 102 Å². The van der Waals surface area contributed by atoms with Gasteiger partial charge in [0.15, 0.2) is 0 Å². The second kappa shape index (κ2) is 12.8. The number of aromatic nitrogens is 4. The van der Waals surface area contributed by atoms with Gasteiger partial charge in [0, 0.05) is 23.0 Å². The van der Waals surface area contributed by atoms with Crippen LogP contribution in [0.3, 0.4) is 0 Å². The summed E-state index contributed by atoms with van der Waals surface area (Å²) in [5.74, 6) is 0.110. The van der Waals surface area contributed by atoms with Crippen molar-refractivity contribution in [2.24, 2.45) is 0 Å². The summed E-state index contributed by atoms with van der Waals surface area (Å²) in [5, 5.41) is 17.7. The van der Waals surface area contributed by atoms with E-state index in [4.69, 9.17) is 4.74 Å². The molecule has 1 N–H and O–H groups in total. The molecule has 2 aromatic carbocycles. The molecular weight excluding hydrogens is 531 g/mol. The summed E-state index contributed by atoms with van der Waals surface area (Å²) in [6.45, 7) is -0.108. The number of tetrazole rings is 1. The van der Waals surface area contributed by atoms with E-state index in [2.05, 4.69) is 20.7 Å². The smallest absolute Gasteiger partial charge is 0.248 e. The van der Waals surface area contributed by atoms with E-state index in [1.54, 1.807) is 31.4 Å². The molecule has 2 heterocycles. The van der Waals surface area contributed by atoms with Crippen LogP contribution in [0.1, 0.15) is 48.6 Å². The van der Waals surface area contributed by atoms with E-state index in [-0.39, 0.29) is 36.8 Å². The second-order valence-corrected chi connectivity index (χ2v) is 10.8. The Balaban J connectivity index is 1.41. The zero-order valence-electron chi connectivity index (χ0n) is 22.2. The molecule has 5 rings (SSSR count).